The molecule has 21 heavy (non-hydrogen) atoms. The number of nitrogens with zero attached hydrogens (tertiary/aromatic N) is 3. The quantitative estimate of drug-likeness (QED) is 0.709. The first-order valence-corrected chi connectivity index (χ1v) is 6.97. The van der Waals surface area contributed by atoms with Crippen LogP contribution in [-0.4, -0.2) is 26.2 Å². The van der Waals surface area contributed by atoms with Gasteiger partial charge in [-0.05, 0) is 36.2 Å². The highest BCUT2D eigenvalue weighted by atomic mass is 35.5. The second-order valence-electron chi connectivity index (χ2n) is 4.70. The number of furan rings is 1. The van der Waals surface area contributed by atoms with Gasteiger partial charge in [-0.1, -0.05) is 0 Å². The fraction of sp³-hybridized carbons (Fsp3) is 0.286. The summed E-state index contributed by atoms with van der Waals surface area (Å²) >= 11 is 6.00. The summed E-state index contributed by atoms with van der Waals surface area (Å²) in [6.45, 7) is 3.00. The normalized spacial score (nSPS) is 11.2. The van der Waals surface area contributed by atoms with E-state index in [-0.39, 0.29) is 11.9 Å². The Kier molecular flexibility index (Phi) is 3.81. The second kappa shape index (κ2) is 5.75. The van der Waals surface area contributed by atoms with E-state index in [1.807, 2.05) is 29.8 Å². The van der Waals surface area contributed by atoms with Gasteiger partial charge in [0.05, 0.1) is 24.8 Å². The van der Waals surface area contributed by atoms with Gasteiger partial charge >= 0.3 is 0 Å². The van der Waals surface area contributed by atoms with Crippen LogP contribution in [0, 0.1) is 6.92 Å². The van der Waals surface area contributed by atoms with Crippen LogP contribution in [0.1, 0.15) is 11.3 Å². The van der Waals surface area contributed by atoms with E-state index in [0.717, 1.165) is 16.7 Å². The Hall–Kier alpha value is -2.05. The van der Waals surface area contributed by atoms with Crippen LogP contribution in [0.5, 0.6) is 0 Å². The van der Waals surface area contributed by atoms with Crippen LogP contribution in [0.25, 0.3) is 11.0 Å². The summed E-state index contributed by atoms with van der Waals surface area (Å²) in [6.07, 6.45) is 3.56. The van der Waals surface area contributed by atoms with E-state index < -0.39 is 0 Å². The van der Waals surface area contributed by atoms with Gasteiger partial charge in [0.1, 0.15) is 17.2 Å². The molecule has 0 spiro atoms. The fourth-order valence-electron chi connectivity index (χ4n) is 2.34. The average Bonchev–Trinajstić information content (AvgIpc) is 3.06. The topological polar surface area (TPSA) is 76.1 Å². The maximum absolute atomic E-state index is 9.13. The molecule has 0 amide bonds. The molecule has 0 aromatic carbocycles. The third-order valence-electron chi connectivity index (χ3n) is 3.23. The summed E-state index contributed by atoms with van der Waals surface area (Å²) in [4.78, 5) is 8.52. The third kappa shape index (κ3) is 2.72. The van der Waals surface area contributed by atoms with Gasteiger partial charge in [0.15, 0.2) is 0 Å². The highest BCUT2D eigenvalue weighted by Crippen LogP contribution is 2.27. The fourth-order valence-corrected chi connectivity index (χ4v) is 2.51. The molecule has 0 atom stereocenters. The lowest BCUT2D eigenvalue weighted by Gasteiger charge is -2.07. The van der Waals surface area contributed by atoms with E-state index in [2.05, 4.69) is 15.3 Å². The monoisotopic (exact) mass is 306 g/mol. The van der Waals surface area contributed by atoms with Crippen molar-refractivity contribution in [1.29, 1.82) is 0 Å². The van der Waals surface area contributed by atoms with Gasteiger partial charge in [-0.15, -0.1) is 0 Å². The van der Waals surface area contributed by atoms with E-state index >= 15 is 0 Å². The number of hydrogen-bond donors (Lipinski definition) is 2. The predicted octanol–water partition coefficient (Wildman–Crippen LogP) is 2.59. The molecule has 0 radical (unpaired) electrons. The Morgan fingerprint density at radius 2 is 2.29 bits per heavy atom. The molecule has 3 aromatic heterocycles. The van der Waals surface area contributed by atoms with Gasteiger partial charge in [-0.25, -0.2) is 4.98 Å². The first-order chi connectivity index (χ1) is 10.2. The predicted molar refractivity (Wildman–Crippen MR) is 80.4 cm³/mol. The van der Waals surface area contributed by atoms with Gasteiger partial charge in [-0.3, -0.25) is 0 Å². The van der Waals surface area contributed by atoms with Gasteiger partial charge in [0.25, 0.3) is 0 Å². The Balaban J connectivity index is 2.00. The zero-order valence-corrected chi connectivity index (χ0v) is 12.3. The minimum atomic E-state index is 0.0417. The Morgan fingerprint density at radius 3 is 3.00 bits per heavy atom. The molecule has 6 nitrogen and oxygen atoms in total. The average molecular weight is 307 g/mol. The summed E-state index contributed by atoms with van der Waals surface area (Å²) < 4.78 is 7.17. The maximum atomic E-state index is 9.13. The van der Waals surface area contributed by atoms with Gasteiger partial charge in [0, 0.05) is 12.7 Å². The lowest BCUT2D eigenvalue weighted by Crippen LogP contribution is -2.05. The zero-order valence-electron chi connectivity index (χ0n) is 11.5. The van der Waals surface area contributed by atoms with Crippen LogP contribution < -0.4 is 5.32 Å². The second-order valence-corrected chi connectivity index (χ2v) is 5.04. The molecule has 3 aromatic rings. The standard InChI is InChI=1S/C14H15ClN4O2/c1-9-8-19(4-5-20)13-11(9)12(17-14(15)18-13)16-7-10-3-2-6-21-10/h2-3,6,8,20H,4-5,7H2,1H3,(H,16,17,18). The SMILES string of the molecule is Cc1cn(CCO)c2nc(Cl)nc(NCc3ccco3)c12. The molecule has 110 valence electrons. The van der Waals surface area contributed by atoms with E-state index in [4.69, 9.17) is 21.1 Å². The highest BCUT2D eigenvalue weighted by Gasteiger charge is 2.14. The van der Waals surface area contributed by atoms with Crippen molar-refractivity contribution < 1.29 is 9.52 Å². The molecule has 0 bridgehead atoms. The van der Waals surface area contributed by atoms with Crippen LogP contribution in [0.4, 0.5) is 5.82 Å². The van der Waals surface area contributed by atoms with Crippen molar-refractivity contribution in [2.24, 2.45) is 0 Å². The molecule has 2 N–H and O–H groups in total. The van der Waals surface area contributed by atoms with Crippen LogP contribution >= 0.6 is 11.6 Å². The molecule has 3 heterocycles. The van der Waals surface area contributed by atoms with Crippen LogP contribution in [-0.2, 0) is 13.1 Å². The van der Waals surface area contributed by atoms with E-state index in [1.165, 1.54) is 0 Å². The Labute approximate surface area is 126 Å². The Bertz CT molecular complexity index is 752. The number of aryl methyl sites for hydroxylation is 1. The Morgan fingerprint density at radius 1 is 1.43 bits per heavy atom. The van der Waals surface area contributed by atoms with Gasteiger partial charge in [-0.2, -0.15) is 4.98 Å². The number of rotatable bonds is 5. The van der Waals surface area contributed by atoms with Crippen molar-refractivity contribution in [3.8, 4) is 0 Å². The first-order valence-electron chi connectivity index (χ1n) is 6.59. The number of aromatic nitrogens is 3. The van der Waals surface area contributed by atoms with Crippen molar-refractivity contribution in [3.63, 3.8) is 0 Å². The summed E-state index contributed by atoms with van der Waals surface area (Å²) in [5.41, 5.74) is 1.74. The van der Waals surface area contributed by atoms with Gasteiger partial charge < -0.3 is 19.4 Å². The van der Waals surface area contributed by atoms with Crippen LogP contribution in [0.3, 0.4) is 0 Å². The minimum absolute atomic E-state index is 0.0417. The molecular formula is C14H15ClN4O2. The maximum Gasteiger partial charge on any atom is 0.226 e. The number of aliphatic hydroxyl groups excluding tert-OH is 1. The minimum Gasteiger partial charge on any atom is -0.467 e. The lowest BCUT2D eigenvalue weighted by molar-refractivity contribution is 0.278. The number of hydrogen-bond acceptors (Lipinski definition) is 5. The molecule has 0 aliphatic rings. The number of aliphatic hydroxyl groups is 1. The van der Waals surface area contributed by atoms with E-state index in [0.29, 0.717) is 24.6 Å². The molecule has 0 saturated carbocycles. The van der Waals surface area contributed by atoms with Crippen molar-refractivity contribution in [2.45, 2.75) is 20.0 Å². The molecule has 7 heteroatoms. The lowest BCUT2D eigenvalue weighted by atomic mass is 10.2. The number of halogens is 1. The smallest absolute Gasteiger partial charge is 0.226 e. The van der Waals surface area contributed by atoms with Crippen molar-refractivity contribution >= 4 is 28.5 Å². The highest BCUT2D eigenvalue weighted by molar-refractivity contribution is 6.28. The molecule has 3 rings (SSSR count). The van der Waals surface area contributed by atoms with Crippen molar-refractivity contribution in [2.75, 3.05) is 11.9 Å². The number of anilines is 1. The summed E-state index contributed by atoms with van der Waals surface area (Å²) in [6, 6.07) is 3.72. The molecule has 0 saturated heterocycles. The summed E-state index contributed by atoms with van der Waals surface area (Å²) in [7, 11) is 0. The zero-order chi connectivity index (χ0) is 14.8. The molecule has 0 fully saturated rings. The molecule has 0 aliphatic carbocycles. The summed E-state index contributed by atoms with van der Waals surface area (Å²) in [5.74, 6) is 1.47. The van der Waals surface area contributed by atoms with Crippen molar-refractivity contribution in [1.82, 2.24) is 14.5 Å². The van der Waals surface area contributed by atoms with Gasteiger partial charge in [0.2, 0.25) is 5.28 Å². The number of fused-ring (bicyclic) bond motifs is 1. The molecular weight excluding hydrogens is 292 g/mol. The summed E-state index contributed by atoms with van der Waals surface area (Å²) in [5, 5.41) is 13.4. The van der Waals surface area contributed by atoms with E-state index in [9.17, 15) is 0 Å². The van der Waals surface area contributed by atoms with Crippen LogP contribution in [0.15, 0.2) is 29.0 Å². The first kappa shape index (κ1) is 13.9. The molecule has 0 unspecified atom stereocenters. The molecule has 0 aliphatic heterocycles. The van der Waals surface area contributed by atoms with E-state index in [1.54, 1.807) is 6.26 Å². The number of nitrogens with one attached hydrogen (secondary N) is 1. The van der Waals surface area contributed by atoms with Crippen molar-refractivity contribution in [3.05, 3.63) is 41.2 Å². The third-order valence-corrected chi connectivity index (χ3v) is 3.40. The van der Waals surface area contributed by atoms with Crippen LogP contribution in [0.2, 0.25) is 5.28 Å². The largest absolute Gasteiger partial charge is 0.467 e.